The number of nitrogens with one attached hydrogen (secondary N) is 2. The van der Waals surface area contributed by atoms with E-state index in [4.69, 9.17) is 14.7 Å². The van der Waals surface area contributed by atoms with Crippen LogP contribution in [-0.2, 0) is 22.5 Å². The van der Waals surface area contributed by atoms with Gasteiger partial charge in [0.2, 0.25) is 11.8 Å². The van der Waals surface area contributed by atoms with Crippen LogP contribution in [0.5, 0.6) is 5.88 Å². The molecule has 1 saturated heterocycles. The van der Waals surface area contributed by atoms with Crippen molar-refractivity contribution in [3.63, 3.8) is 0 Å². The van der Waals surface area contributed by atoms with E-state index in [2.05, 4.69) is 65.3 Å². The van der Waals surface area contributed by atoms with Gasteiger partial charge in [0.25, 0.3) is 10.0 Å². The van der Waals surface area contributed by atoms with Crippen LogP contribution in [0.3, 0.4) is 0 Å². The second kappa shape index (κ2) is 13.2. The van der Waals surface area contributed by atoms with E-state index >= 15 is 0 Å². The summed E-state index contributed by atoms with van der Waals surface area (Å²) in [6.45, 7) is 15.4. The van der Waals surface area contributed by atoms with Crippen LogP contribution in [0.1, 0.15) is 86.4 Å². The molecule has 1 saturated carbocycles. The normalized spacial score (nSPS) is 21.1. The molecule has 4 heterocycles. The number of sulfonamides is 1. The minimum Gasteiger partial charge on any atom is -0.478 e. The van der Waals surface area contributed by atoms with Gasteiger partial charge >= 0.3 is 5.97 Å². The van der Waals surface area contributed by atoms with Crippen molar-refractivity contribution in [1.82, 2.24) is 29.8 Å². The number of rotatable bonds is 9. The molecule has 1 aliphatic heterocycles. The maximum absolute atomic E-state index is 13.5. The molecule has 4 atom stereocenters. The molecule has 1 aliphatic carbocycles. The molecule has 0 spiro atoms. The van der Waals surface area contributed by atoms with Gasteiger partial charge in [0.1, 0.15) is 12.1 Å². The van der Waals surface area contributed by atoms with E-state index in [0.717, 1.165) is 52.5 Å². The molecule has 3 aromatic heterocycles. The molecule has 7 rings (SSSR count). The third-order valence-corrected chi connectivity index (χ3v) is 12.4. The molecule has 278 valence electrons. The van der Waals surface area contributed by atoms with Gasteiger partial charge in [0, 0.05) is 35.8 Å². The highest BCUT2D eigenvalue weighted by Crippen LogP contribution is 2.63. The average Bonchev–Trinajstić information content (AvgIpc) is 3.56. The zero-order valence-electron chi connectivity index (χ0n) is 31.4. The first kappa shape index (κ1) is 36.5. The molecule has 12 nitrogen and oxygen atoms in total. The maximum Gasteiger partial charge on any atom is 0.335 e. The predicted octanol–water partition coefficient (Wildman–Crippen LogP) is 6.98. The van der Waals surface area contributed by atoms with E-state index in [0.29, 0.717) is 17.5 Å². The van der Waals surface area contributed by atoms with E-state index < -0.39 is 16.0 Å². The number of nitrogens with zero attached hydrogens (tertiary/aromatic N) is 5. The summed E-state index contributed by atoms with van der Waals surface area (Å²) in [6.07, 6.45) is 3.85. The van der Waals surface area contributed by atoms with E-state index in [1.165, 1.54) is 23.9 Å². The van der Waals surface area contributed by atoms with Gasteiger partial charge in [-0.3, -0.25) is 4.98 Å². The second-order valence-corrected chi connectivity index (χ2v) is 17.8. The third-order valence-electron chi connectivity index (χ3n) is 11.1. The summed E-state index contributed by atoms with van der Waals surface area (Å²) in [4.78, 5) is 30.4. The van der Waals surface area contributed by atoms with E-state index in [-0.39, 0.29) is 51.8 Å². The van der Waals surface area contributed by atoms with Crippen LogP contribution in [0.4, 0.5) is 5.95 Å². The quantitative estimate of drug-likeness (QED) is 0.144. The Labute approximate surface area is 310 Å². The van der Waals surface area contributed by atoms with Gasteiger partial charge in [-0.1, -0.05) is 58.9 Å². The lowest BCUT2D eigenvalue weighted by molar-refractivity contribution is 0.0696. The lowest BCUT2D eigenvalue weighted by Gasteiger charge is -2.26. The van der Waals surface area contributed by atoms with Crippen molar-refractivity contribution in [3.05, 3.63) is 88.9 Å². The number of aromatic carboxylic acids is 1. The summed E-state index contributed by atoms with van der Waals surface area (Å²) in [5.41, 5.74) is 7.00. The van der Waals surface area contributed by atoms with Crippen LogP contribution in [0.15, 0.2) is 65.7 Å². The highest BCUT2D eigenvalue weighted by Gasteiger charge is 2.61. The zero-order chi connectivity index (χ0) is 38.0. The Morgan fingerprint density at radius 2 is 1.75 bits per heavy atom. The van der Waals surface area contributed by atoms with Crippen molar-refractivity contribution >= 4 is 33.1 Å². The third kappa shape index (κ3) is 6.99. The molecule has 0 bridgehead atoms. The van der Waals surface area contributed by atoms with Crippen molar-refractivity contribution < 1.29 is 23.1 Å². The van der Waals surface area contributed by atoms with Crippen LogP contribution in [0.25, 0.3) is 22.4 Å². The van der Waals surface area contributed by atoms with Crippen LogP contribution in [0.2, 0.25) is 0 Å². The maximum atomic E-state index is 13.5. The van der Waals surface area contributed by atoms with Crippen molar-refractivity contribution in [2.24, 2.45) is 24.3 Å². The molecule has 2 aliphatic rings. The molecule has 3 N–H and O–H groups in total. The Morgan fingerprint density at radius 1 is 1.04 bits per heavy atom. The fraction of sp³-hybridized carbons (Fsp3) is 0.425. The summed E-state index contributed by atoms with van der Waals surface area (Å²) < 4.78 is 38.1. The molecule has 13 heteroatoms. The second-order valence-electron chi connectivity index (χ2n) is 16.1. The van der Waals surface area contributed by atoms with Gasteiger partial charge in [0.15, 0.2) is 5.65 Å². The van der Waals surface area contributed by atoms with Crippen LogP contribution in [-0.4, -0.2) is 56.6 Å². The van der Waals surface area contributed by atoms with Gasteiger partial charge in [0.05, 0.1) is 34.1 Å². The Morgan fingerprint density at radius 3 is 2.45 bits per heavy atom. The fourth-order valence-electron chi connectivity index (χ4n) is 8.33. The minimum atomic E-state index is -4.25. The standard InChI is InChI=1S/C40H47N7O5S/c1-22-11-9-12-23(2)34(22)28-19-33(45-38(44-28)46-53(50,51)25-14-10-13-24(17-25)37(48)49)52-21-31-35-26(40(35,6)7)15-16-27(42-31)30-20-41-29-18-32(39(3,4)5)47(8)36(29)43-30/h9-14,17-20,26-27,31,35,42H,15-16,21H2,1-8H3,(H,48,49)(H,44,45,46)/t26-,27+,31+,35-/m1/s1. The summed E-state index contributed by atoms with van der Waals surface area (Å²) in [6, 6.07) is 14.8. The predicted molar refractivity (Wildman–Crippen MR) is 204 cm³/mol. The van der Waals surface area contributed by atoms with Crippen LogP contribution in [0, 0.1) is 31.1 Å². The first-order valence-electron chi connectivity index (χ1n) is 18.0. The minimum absolute atomic E-state index is 0.0309. The number of carboxylic acid groups (broad SMARTS) is 1. The summed E-state index contributed by atoms with van der Waals surface area (Å²) in [5.74, 6) is -0.341. The SMILES string of the molecule is Cc1cccc(C)c1-c1cc(OC[C@@H]2N[C@H](c3cnc4cc(C(C)(C)C)n(C)c4n3)CC[C@@H]3[C@H]2C3(C)C)nc(NS(=O)(=O)c2cccc(C(=O)O)c2)n1. The number of benzene rings is 2. The van der Waals surface area contributed by atoms with E-state index in [1.54, 1.807) is 6.07 Å². The van der Waals surface area contributed by atoms with Gasteiger partial charge in [-0.15, -0.1) is 0 Å². The molecular formula is C40H47N7O5S. The molecule has 0 amide bonds. The van der Waals surface area contributed by atoms with E-state index in [9.17, 15) is 18.3 Å². The van der Waals surface area contributed by atoms with Crippen LogP contribution >= 0.6 is 0 Å². The topological polar surface area (TPSA) is 161 Å². The van der Waals surface area contributed by atoms with Crippen molar-refractivity contribution in [2.45, 2.75) is 83.7 Å². The number of carbonyl (C=O) groups is 1. The van der Waals surface area contributed by atoms with E-state index in [1.807, 2.05) is 45.3 Å². The highest BCUT2D eigenvalue weighted by molar-refractivity contribution is 7.92. The smallest absolute Gasteiger partial charge is 0.335 e. The Bertz CT molecular complexity index is 2330. The number of hydrogen-bond acceptors (Lipinski definition) is 9. The number of hydrogen-bond donors (Lipinski definition) is 3. The largest absolute Gasteiger partial charge is 0.478 e. The molecule has 0 radical (unpaired) electrons. The zero-order valence-corrected chi connectivity index (χ0v) is 32.2. The molecule has 53 heavy (non-hydrogen) atoms. The van der Waals surface area contributed by atoms with Crippen LogP contribution < -0.4 is 14.8 Å². The van der Waals surface area contributed by atoms with Gasteiger partial charge in [-0.05, 0) is 79.3 Å². The summed E-state index contributed by atoms with van der Waals surface area (Å²) >= 11 is 0. The number of fused-ring (bicyclic) bond motifs is 2. The van der Waals surface area contributed by atoms with Gasteiger partial charge in [-0.25, -0.2) is 27.9 Å². The van der Waals surface area contributed by atoms with Gasteiger partial charge < -0.3 is 19.7 Å². The number of ether oxygens (including phenoxy) is 1. The molecular weight excluding hydrogens is 691 g/mol. The molecule has 2 fully saturated rings. The summed E-state index contributed by atoms with van der Waals surface area (Å²) in [5, 5.41) is 13.3. The number of aromatic nitrogens is 5. The number of carboxylic acids is 1. The molecule has 2 aromatic carbocycles. The number of aryl methyl sites for hydroxylation is 3. The lowest BCUT2D eigenvalue weighted by atomic mass is 9.92. The van der Waals surface area contributed by atoms with Crippen molar-refractivity contribution in [1.29, 1.82) is 0 Å². The lowest BCUT2D eigenvalue weighted by Crippen LogP contribution is -2.40. The fourth-order valence-corrected chi connectivity index (χ4v) is 9.32. The Hall–Kier alpha value is -4.88. The van der Waals surface area contributed by atoms with Crippen molar-refractivity contribution in [2.75, 3.05) is 11.3 Å². The molecule has 5 aromatic rings. The monoisotopic (exact) mass is 737 g/mol. The molecule has 0 unspecified atom stereocenters. The number of anilines is 1. The highest BCUT2D eigenvalue weighted by atomic mass is 32.2. The Kier molecular flexibility index (Phi) is 9.09. The first-order chi connectivity index (χ1) is 24.9. The van der Waals surface area contributed by atoms with Crippen molar-refractivity contribution in [3.8, 4) is 17.1 Å². The average molecular weight is 738 g/mol. The Balaban J connectivity index is 1.20. The van der Waals surface area contributed by atoms with Gasteiger partial charge in [-0.2, -0.15) is 4.98 Å². The summed E-state index contributed by atoms with van der Waals surface area (Å²) in [7, 11) is -2.20. The first-order valence-corrected chi connectivity index (χ1v) is 19.5.